The van der Waals surface area contributed by atoms with E-state index >= 15 is 0 Å². The Bertz CT molecular complexity index is 1450. The molecule has 1 aliphatic rings. The van der Waals surface area contributed by atoms with E-state index in [1.807, 2.05) is 6.92 Å². The molecule has 0 radical (unpaired) electrons. The Morgan fingerprint density at radius 2 is 1.62 bits per heavy atom. The normalized spacial score (nSPS) is 23.2. The Morgan fingerprint density at radius 3 is 2.22 bits per heavy atom. The molecule has 2 aromatic carbocycles. The molecule has 2 aromatic heterocycles. The molecule has 0 aliphatic carbocycles. The number of fused-ring (bicyclic) bond motifs is 1. The molecule has 1 saturated heterocycles. The van der Waals surface area contributed by atoms with Gasteiger partial charge in [-0.15, -0.1) is 0 Å². The Morgan fingerprint density at radius 1 is 1.03 bits per heavy atom. The number of halogens is 1. The van der Waals surface area contributed by atoms with Gasteiger partial charge in [0.15, 0.2) is 29.2 Å². The number of benzene rings is 2. The Labute approximate surface area is 217 Å². The van der Waals surface area contributed by atoms with Crippen LogP contribution in [0.2, 0.25) is 5.15 Å². The van der Waals surface area contributed by atoms with Gasteiger partial charge < -0.3 is 19.9 Å². The molecule has 3 heterocycles. The quantitative estimate of drug-likeness (QED) is 0.292. The van der Waals surface area contributed by atoms with Gasteiger partial charge in [0.05, 0.1) is 17.5 Å². The lowest BCUT2D eigenvalue weighted by atomic mass is 9.94. The summed E-state index contributed by atoms with van der Waals surface area (Å²) < 4.78 is 20.0. The highest BCUT2D eigenvalue weighted by Gasteiger charge is 2.57. The van der Waals surface area contributed by atoms with E-state index in [1.165, 1.54) is 6.33 Å². The number of anilines is 1. The lowest BCUT2D eigenvalue weighted by molar-refractivity contribution is -0.0964. The summed E-state index contributed by atoms with van der Waals surface area (Å²) in [6.45, 7) is 3.69. The summed E-state index contributed by atoms with van der Waals surface area (Å²) in [5.41, 5.74) is 6.11. The largest absolute Gasteiger partial charge is 0.452 e. The van der Waals surface area contributed by atoms with Gasteiger partial charge in [0.25, 0.3) is 0 Å². The summed E-state index contributed by atoms with van der Waals surface area (Å²) >= 11 is 6.23. The molecule has 1 unspecified atom stereocenters. The smallest absolute Gasteiger partial charge is 0.338 e. The van der Waals surface area contributed by atoms with Gasteiger partial charge in [-0.2, -0.15) is 9.97 Å². The van der Waals surface area contributed by atoms with Gasteiger partial charge in [0, 0.05) is 0 Å². The van der Waals surface area contributed by atoms with E-state index in [-0.39, 0.29) is 16.7 Å². The second-order valence-corrected chi connectivity index (χ2v) is 9.16. The predicted octanol–water partition coefficient (Wildman–Crippen LogP) is 4.21. The standard InChI is InChI=1S/C26H24ClN5O5/c1-3-26(2)19(36-24(34)16-12-8-5-9-13-16)18(35-23(33)15-10-6-4-7-11-15)22(37-26)32-14-29-17-20(27)30-25(28)31-21(17)32/h4-14,18-19,22H,3H2,1-2H3,(H2,28,30,31)/t18?,19-,22-,26-/m1/s1. The number of rotatable bonds is 6. The molecule has 0 bridgehead atoms. The summed E-state index contributed by atoms with van der Waals surface area (Å²) in [7, 11) is 0. The van der Waals surface area contributed by atoms with E-state index in [0.717, 1.165) is 0 Å². The zero-order chi connectivity index (χ0) is 26.2. The van der Waals surface area contributed by atoms with Crippen LogP contribution < -0.4 is 5.73 Å². The maximum absolute atomic E-state index is 13.2. The lowest BCUT2D eigenvalue weighted by Gasteiger charge is -2.30. The van der Waals surface area contributed by atoms with Crippen molar-refractivity contribution in [1.29, 1.82) is 0 Å². The van der Waals surface area contributed by atoms with Crippen LogP contribution in [0.3, 0.4) is 0 Å². The summed E-state index contributed by atoms with van der Waals surface area (Å²) in [4.78, 5) is 38.8. The van der Waals surface area contributed by atoms with E-state index in [1.54, 1.807) is 72.2 Å². The highest BCUT2D eigenvalue weighted by molar-refractivity contribution is 6.33. The first-order chi connectivity index (χ1) is 17.8. The molecule has 0 saturated carbocycles. The number of nitrogen functional groups attached to an aromatic ring is 1. The van der Waals surface area contributed by atoms with Crippen molar-refractivity contribution in [3.8, 4) is 0 Å². The zero-order valence-corrected chi connectivity index (χ0v) is 20.8. The van der Waals surface area contributed by atoms with E-state index in [9.17, 15) is 9.59 Å². The number of nitrogens with zero attached hydrogens (tertiary/aromatic N) is 4. The fourth-order valence-corrected chi connectivity index (χ4v) is 4.55. The van der Waals surface area contributed by atoms with Crippen molar-refractivity contribution < 1.29 is 23.8 Å². The minimum atomic E-state index is -1.06. The van der Waals surface area contributed by atoms with E-state index in [0.29, 0.717) is 23.1 Å². The van der Waals surface area contributed by atoms with Crippen LogP contribution in [-0.2, 0) is 14.2 Å². The van der Waals surface area contributed by atoms with Crippen molar-refractivity contribution in [2.75, 3.05) is 5.73 Å². The fraction of sp³-hybridized carbons (Fsp3) is 0.269. The first-order valence-corrected chi connectivity index (χ1v) is 12.0. The average Bonchev–Trinajstić information content (AvgIpc) is 3.44. The molecule has 10 nitrogen and oxygen atoms in total. The SMILES string of the molecule is CC[C@@]1(C)O[C@@H](n2cnc3c(Cl)nc(N)nc32)C(OC(=O)c2ccccc2)[C@H]1OC(=O)c1ccccc1. The van der Waals surface area contributed by atoms with Gasteiger partial charge in [-0.05, 0) is 37.6 Å². The number of aromatic nitrogens is 4. The Kier molecular flexibility index (Phi) is 6.53. The maximum atomic E-state index is 13.2. The van der Waals surface area contributed by atoms with Crippen LogP contribution in [0.5, 0.6) is 0 Å². The van der Waals surface area contributed by atoms with Gasteiger partial charge >= 0.3 is 11.9 Å². The molecular weight excluding hydrogens is 498 g/mol. The van der Waals surface area contributed by atoms with Crippen molar-refractivity contribution in [1.82, 2.24) is 19.5 Å². The highest BCUT2D eigenvalue weighted by Crippen LogP contribution is 2.44. The Balaban J connectivity index is 1.58. The molecular formula is C26H24ClN5O5. The summed E-state index contributed by atoms with van der Waals surface area (Å²) in [5, 5.41) is 0.0717. The monoisotopic (exact) mass is 521 g/mol. The Hall–Kier alpha value is -4.02. The van der Waals surface area contributed by atoms with Crippen LogP contribution in [0.4, 0.5) is 5.95 Å². The number of hydrogen-bond donors (Lipinski definition) is 1. The third-order valence-corrected chi connectivity index (χ3v) is 6.70. The molecule has 11 heteroatoms. The number of carbonyl (C=O) groups is 2. The third kappa shape index (κ3) is 4.61. The van der Waals surface area contributed by atoms with E-state index in [2.05, 4.69) is 15.0 Å². The number of nitrogens with two attached hydrogens (primary N) is 1. The van der Waals surface area contributed by atoms with Crippen LogP contribution in [0.25, 0.3) is 11.2 Å². The molecule has 0 amide bonds. The molecule has 0 spiro atoms. The molecule has 4 atom stereocenters. The minimum Gasteiger partial charge on any atom is -0.452 e. The molecule has 2 N–H and O–H groups in total. The number of ether oxygens (including phenoxy) is 3. The third-order valence-electron chi connectivity index (χ3n) is 6.44. The van der Waals surface area contributed by atoms with Crippen molar-refractivity contribution in [2.24, 2.45) is 0 Å². The molecule has 190 valence electrons. The second-order valence-electron chi connectivity index (χ2n) is 8.80. The first-order valence-electron chi connectivity index (χ1n) is 11.7. The summed E-state index contributed by atoms with van der Waals surface area (Å²) in [6, 6.07) is 17.1. The first kappa shape index (κ1) is 24.7. The van der Waals surface area contributed by atoms with Gasteiger partial charge in [-0.1, -0.05) is 54.9 Å². The molecule has 37 heavy (non-hydrogen) atoms. The number of esters is 2. The molecule has 5 rings (SSSR count). The van der Waals surface area contributed by atoms with Crippen molar-refractivity contribution in [3.05, 3.63) is 83.3 Å². The predicted molar refractivity (Wildman–Crippen MR) is 135 cm³/mol. The van der Waals surface area contributed by atoms with Gasteiger partial charge in [0.2, 0.25) is 5.95 Å². The average molecular weight is 522 g/mol. The van der Waals surface area contributed by atoms with Crippen LogP contribution in [0, 0.1) is 0 Å². The minimum absolute atomic E-state index is 0.0552. The fourth-order valence-electron chi connectivity index (χ4n) is 4.33. The maximum Gasteiger partial charge on any atom is 0.338 e. The number of imidazole rings is 1. The summed E-state index contributed by atoms with van der Waals surface area (Å²) in [5.74, 6) is -1.22. The van der Waals surface area contributed by atoms with Gasteiger partial charge in [0.1, 0.15) is 11.1 Å². The van der Waals surface area contributed by atoms with E-state index in [4.69, 9.17) is 31.5 Å². The molecule has 1 aliphatic heterocycles. The number of carbonyl (C=O) groups excluding carboxylic acids is 2. The number of hydrogen-bond acceptors (Lipinski definition) is 9. The van der Waals surface area contributed by atoms with Gasteiger partial charge in [-0.25, -0.2) is 14.6 Å². The van der Waals surface area contributed by atoms with Crippen LogP contribution in [0.1, 0.15) is 47.2 Å². The van der Waals surface area contributed by atoms with Crippen LogP contribution in [-0.4, -0.2) is 49.3 Å². The highest BCUT2D eigenvalue weighted by atomic mass is 35.5. The van der Waals surface area contributed by atoms with Crippen LogP contribution in [0.15, 0.2) is 67.0 Å². The topological polar surface area (TPSA) is 131 Å². The second kappa shape index (κ2) is 9.79. The van der Waals surface area contributed by atoms with Crippen molar-refractivity contribution >= 4 is 40.7 Å². The van der Waals surface area contributed by atoms with Gasteiger partial charge in [-0.3, -0.25) is 4.57 Å². The zero-order valence-electron chi connectivity index (χ0n) is 20.1. The van der Waals surface area contributed by atoms with Crippen molar-refractivity contribution in [3.63, 3.8) is 0 Å². The van der Waals surface area contributed by atoms with E-state index < -0.39 is 36.0 Å². The summed E-state index contributed by atoms with van der Waals surface area (Å²) in [6.07, 6.45) is -1.08. The van der Waals surface area contributed by atoms with Crippen LogP contribution >= 0.6 is 11.6 Å². The lowest BCUT2D eigenvalue weighted by Crippen LogP contribution is -2.45. The van der Waals surface area contributed by atoms with Crippen molar-refractivity contribution in [2.45, 2.75) is 44.3 Å². The molecule has 4 aromatic rings. The molecule has 1 fully saturated rings.